The molecule has 4 saturated heterocycles. The summed E-state index contributed by atoms with van der Waals surface area (Å²) in [6, 6.07) is 9.82. The fourth-order valence-corrected chi connectivity index (χ4v) is 31.9. The topological polar surface area (TPSA) is 316 Å². The maximum atomic E-state index is 12.7. The van der Waals surface area contributed by atoms with Crippen LogP contribution in [0.2, 0.25) is 0 Å². The number of carbonyl (C=O) groups is 3. The molecule has 12 atom stereocenters. The summed E-state index contributed by atoms with van der Waals surface area (Å²) in [6.45, 7) is 46.0. The lowest BCUT2D eigenvalue weighted by molar-refractivity contribution is -0.281. The highest BCUT2D eigenvalue weighted by Crippen LogP contribution is 2.69. The van der Waals surface area contributed by atoms with Crippen LogP contribution in [0.3, 0.4) is 0 Å². The van der Waals surface area contributed by atoms with E-state index >= 15 is 0 Å². The number of aliphatic hydroxyl groups is 2. The van der Waals surface area contributed by atoms with Crippen LogP contribution in [0.15, 0.2) is 116 Å². The highest BCUT2D eigenvalue weighted by Gasteiger charge is 2.70. The lowest BCUT2D eigenvalue weighted by atomic mass is 9.48. The number of aliphatic hydroxyl groups excluding tert-OH is 2. The van der Waals surface area contributed by atoms with Gasteiger partial charge in [0.15, 0.2) is 63.0 Å². The van der Waals surface area contributed by atoms with Gasteiger partial charge in [0.2, 0.25) is 0 Å². The Bertz CT molecular complexity index is 6300. The van der Waals surface area contributed by atoms with E-state index in [9.17, 15) is 24.6 Å². The number of aryl methyl sites for hydroxylation is 5. The first-order valence-electron chi connectivity index (χ1n) is 50.7. The normalized spacial score (nSPS) is 33.6. The van der Waals surface area contributed by atoms with Gasteiger partial charge in [0.25, 0.3) is 0 Å². The van der Waals surface area contributed by atoms with Crippen LogP contribution in [-0.4, -0.2) is 177 Å². The number of allylic oxidation sites excluding steroid dienone is 2. The predicted octanol–water partition coefficient (Wildman–Crippen LogP) is 18.9. The Hall–Kier alpha value is -9.13. The molecule has 4 spiro atoms. The number of fused-ring (bicyclic) bond motifs is 22. The first-order valence-corrected chi connectivity index (χ1v) is 50.7. The number of rotatable bonds is 0. The van der Waals surface area contributed by atoms with E-state index in [1.54, 1.807) is 12.4 Å². The molecule has 16 aliphatic rings. The van der Waals surface area contributed by atoms with Crippen molar-refractivity contribution in [2.24, 2.45) is 73.4 Å². The van der Waals surface area contributed by atoms with Crippen molar-refractivity contribution in [2.45, 2.75) is 330 Å². The van der Waals surface area contributed by atoms with Crippen molar-refractivity contribution in [3.8, 4) is 0 Å². The SMILES string of the molecule is C.CC1(C)C(=O)/C(=C\O)C[C@]2(C)c3nc4ccnn4cc3CC[C@@H]12.CC1(C)C(=O)CC[C@]2(C)c3nc4ccnn4cc3CC[C@@H]12.CC1(C)[C@@H]2CC/C(=C\O)C(=O)[C@@]2(C)CCC12OCCO2.CC1(C)[C@@H]2CCc3cn4nccc4nc3[C@@]2(C)CCC12OCCO2.CC1(C)[C@@H]2CCc3cn4nccc4nc3[C@@]2(C)CCC12OCCO2.CC1(C)[C@@H]2CCc3cnc4ccnn4c3[C@@]2(C)CCC12OCCO2. The van der Waals surface area contributed by atoms with Crippen LogP contribution in [0, 0.1) is 73.4 Å². The van der Waals surface area contributed by atoms with Gasteiger partial charge in [-0.1, -0.05) is 132 Å². The Morgan fingerprint density at radius 2 is 0.628 bits per heavy atom. The molecule has 28 nitrogen and oxygen atoms in total. The van der Waals surface area contributed by atoms with E-state index in [0.717, 1.165) is 215 Å². The minimum absolute atomic E-state index is 0. The van der Waals surface area contributed by atoms with E-state index in [1.165, 1.54) is 50.6 Å². The van der Waals surface area contributed by atoms with Crippen LogP contribution in [0.1, 0.15) is 304 Å². The van der Waals surface area contributed by atoms with Gasteiger partial charge < -0.3 is 48.1 Å². The molecule has 0 amide bonds. The number of ether oxygens (including phenoxy) is 8. The molecule has 4 aliphatic heterocycles. The summed E-state index contributed by atoms with van der Waals surface area (Å²) in [6.07, 6.45) is 43.4. The second-order valence-electron chi connectivity index (χ2n) is 47.5. The fraction of sp³-hybridized carbons (Fsp3) is 0.661. The lowest BCUT2D eigenvalue weighted by Gasteiger charge is -2.59. The third kappa shape index (κ3) is 14.1. The Kier molecular flexibility index (Phi) is 23.2. The fourth-order valence-electron chi connectivity index (χ4n) is 31.9. The summed E-state index contributed by atoms with van der Waals surface area (Å²) in [5.74, 6) is 1.16. The molecule has 7 saturated carbocycles. The van der Waals surface area contributed by atoms with Gasteiger partial charge in [-0.15, -0.1) is 0 Å². The Balaban J connectivity index is 0.000000102. The molecule has 0 aromatic carbocycles. The van der Waals surface area contributed by atoms with Crippen molar-refractivity contribution in [1.82, 2.24) is 73.0 Å². The number of Topliss-reactive ketones (excluding diaryl/α,β-unsaturated/α-hetero) is 3. The first kappa shape index (κ1) is 95.4. The molecule has 0 radical (unpaired) electrons. The van der Waals surface area contributed by atoms with Gasteiger partial charge in [-0.3, -0.25) is 14.4 Å². The van der Waals surface area contributed by atoms with Crippen LogP contribution in [0.4, 0.5) is 0 Å². The Morgan fingerprint density at radius 3 is 1.01 bits per heavy atom. The molecule has 0 unspecified atom stereocenters. The van der Waals surface area contributed by atoms with Crippen LogP contribution in [0.25, 0.3) is 28.2 Å². The molecule has 137 heavy (non-hydrogen) atoms. The Morgan fingerprint density at radius 1 is 0.321 bits per heavy atom. The second-order valence-corrected chi connectivity index (χ2v) is 47.5. The van der Waals surface area contributed by atoms with Crippen LogP contribution >= 0.6 is 0 Å². The Labute approximate surface area is 805 Å². The van der Waals surface area contributed by atoms with Gasteiger partial charge in [-0.25, -0.2) is 47.5 Å². The third-order valence-electron chi connectivity index (χ3n) is 39.1. The van der Waals surface area contributed by atoms with Crippen LogP contribution in [-0.2, 0) is 111 Å². The number of carbonyl (C=O) groups excluding carboxylic acids is 3. The van der Waals surface area contributed by atoms with E-state index in [0.29, 0.717) is 73.1 Å². The van der Waals surface area contributed by atoms with Crippen LogP contribution < -0.4 is 0 Å². The third-order valence-corrected chi connectivity index (χ3v) is 39.1. The zero-order chi connectivity index (χ0) is 95.6. The molecular formula is C109H145N15O13. The minimum atomic E-state index is -0.530. The van der Waals surface area contributed by atoms with Crippen molar-refractivity contribution < 1.29 is 62.5 Å². The monoisotopic (exact) mass is 1870 g/mol. The zero-order valence-corrected chi connectivity index (χ0v) is 83.3. The number of hydrogen-bond donors (Lipinski definition) is 2. The predicted molar refractivity (Wildman–Crippen MR) is 517 cm³/mol. The smallest absolute Gasteiger partial charge is 0.173 e. The van der Waals surface area contributed by atoms with E-state index < -0.39 is 34.0 Å². The molecule has 0 bridgehead atoms. The molecule has 2 N–H and O–H groups in total. The zero-order valence-electron chi connectivity index (χ0n) is 83.3. The number of hydrogen-bond acceptors (Lipinski definition) is 23. The molecular weight excluding hydrogens is 1730 g/mol. The highest BCUT2D eigenvalue weighted by atomic mass is 16.8. The van der Waals surface area contributed by atoms with E-state index in [-0.39, 0.29) is 85.0 Å². The summed E-state index contributed by atoms with van der Waals surface area (Å²) in [4.78, 5) is 62.2. The van der Waals surface area contributed by atoms with Gasteiger partial charge in [-0.05, 0) is 179 Å². The van der Waals surface area contributed by atoms with Crippen molar-refractivity contribution in [2.75, 3.05) is 52.9 Å². The highest BCUT2D eigenvalue weighted by molar-refractivity contribution is 6.01. The van der Waals surface area contributed by atoms with E-state index in [1.807, 2.05) is 87.8 Å². The number of aromatic nitrogens is 15. The van der Waals surface area contributed by atoms with Crippen LogP contribution in [0.5, 0.6) is 0 Å². The molecule has 10 aromatic rings. The average Bonchev–Trinajstić information content (AvgIpc) is 1.69. The number of nitrogens with zero attached hydrogens (tertiary/aromatic N) is 15. The second kappa shape index (κ2) is 33.3. The molecule has 10 aromatic heterocycles. The van der Waals surface area contributed by atoms with Crippen molar-refractivity contribution in [1.29, 1.82) is 0 Å². The largest absolute Gasteiger partial charge is 0.515 e. The first-order chi connectivity index (χ1) is 64.6. The summed E-state index contributed by atoms with van der Waals surface area (Å²) in [5, 5.41) is 40.7. The minimum Gasteiger partial charge on any atom is -0.515 e. The molecule has 734 valence electrons. The van der Waals surface area contributed by atoms with E-state index in [4.69, 9.17) is 57.8 Å². The standard InChI is InChI=1S/3C19H25N3O2.C18H21N3O2.C17H21N3O.C16H24O4.CH4/c1-17(2)14-5-4-13-12-20-15-6-9-21-22(15)16(13)18(14,3)7-8-19(17)23-10-11-24-19;2*1-17(2)14-5-4-13-12-22-15(6-9-20-22)21-16(13)18(14,3)7-8-19(17)23-10-11-24-19;1-17(2)13-5-4-11-9-21-14(6-7-19-21)20-15(11)18(13,3)8-12(10-22)16(17)23;1-16(2)12-5-4-11-10-20-14(7-9-18-20)19-15(11)17(12,3)8-6-13(16)21;1-14(2)12-5-4-11(10-17)13(18)15(12,3)6-7-16(14)19-8-9-20-16;/h3*6,9,12,14H,4-5,7-8,10-11H2,1-3H3;6-7,9-10,13,22H,4-5,8H2,1-3H3;7,9-10,12H,4-6,8H2,1-3H3;10,12,17H,4-9H2,1-3H3;1H4/b;;;12-10-;;11-10+;/t3*14-,18-;13-,18-;12-,17-;12-,15-;/m000000./s1. The maximum absolute atomic E-state index is 12.7. The van der Waals surface area contributed by atoms with Crippen molar-refractivity contribution >= 4 is 45.6 Å². The molecule has 14 heterocycles. The van der Waals surface area contributed by atoms with Gasteiger partial charge >= 0.3 is 0 Å². The summed E-state index contributed by atoms with van der Waals surface area (Å²) in [7, 11) is 0. The molecule has 12 aliphatic carbocycles. The quantitative estimate of drug-likeness (QED) is 0.105. The van der Waals surface area contributed by atoms with E-state index in [2.05, 4.69) is 170 Å². The molecule has 28 heteroatoms. The average molecular weight is 1870 g/mol. The van der Waals surface area contributed by atoms with Gasteiger partial charge in [0.05, 0.1) is 125 Å². The molecule has 26 rings (SSSR count). The van der Waals surface area contributed by atoms with Gasteiger partial charge in [-0.2, -0.15) is 25.5 Å². The van der Waals surface area contributed by atoms with Crippen molar-refractivity contribution in [3.05, 3.63) is 172 Å². The van der Waals surface area contributed by atoms with Gasteiger partial charge in [0, 0.05) is 170 Å². The van der Waals surface area contributed by atoms with Gasteiger partial charge in [0.1, 0.15) is 5.78 Å². The maximum Gasteiger partial charge on any atom is 0.173 e. The lowest BCUT2D eigenvalue weighted by Crippen LogP contribution is -2.61. The molecule has 11 fully saturated rings. The summed E-state index contributed by atoms with van der Waals surface area (Å²) in [5.41, 5.74) is 16.9. The van der Waals surface area contributed by atoms with Crippen molar-refractivity contribution in [3.63, 3.8) is 0 Å². The number of ketones is 3. The summed E-state index contributed by atoms with van der Waals surface area (Å²) >= 11 is 0. The summed E-state index contributed by atoms with van der Waals surface area (Å²) < 4.78 is 58.6.